The standard InChI is InChI=1S/C29H28O3/c1-24(31)14-11-12-21-28(22-13-23-30)32-29(25-15-5-2-6-16-25,26-17-7-3-8-18-26)27-19-9-4-10-20-27/h2-10,12-13,15-21,28H,11,14,22H2,1H3. The minimum absolute atomic E-state index is 0.145. The van der Waals surface area contributed by atoms with Gasteiger partial charge in [0.25, 0.3) is 0 Å². The van der Waals surface area contributed by atoms with E-state index in [1.165, 1.54) is 6.08 Å². The first-order chi connectivity index (χ1) is 15.7. The van der Waals surface area contributed by atoms with E-state index in [4.69, 9.17) is 4.74 Å². The summed E-state index contributed by atoms with van der Waals surface area (Å²) < 4.78 is 6.92. The van der Waals surface area contributed by atoms with Crippen molar-refractivity contribution in [2.45, 2.75) is 37.9 Å². The van der Waals surface area contributed by atoms with E-state index in [1.54, 1.807) is 6.92 Å². The van der Waals surface area contributed by atoms with Gasteiger partial charge < -0.3 is 9.53 Å². The van der Waals surface area contributed by atoms with E-state index in [-0.39, 0.29) is 11.9 Å². The number of Topliss-reactive ketones (excluding diaryl/α,β-unsaturated/α-hetero) is 1. The van der Waals surface area contributed by atoms with Gasteiger partial charge in [0.15, 0.2) is 0 Å². The molecule has 0 heterocycles. The monoisotopic (exact) mass is 424 g/mol. The molecule has 0 aliphatic heterocycles. The number of benzene rings is 3. The van der Waals surface area contributed by atoms with Crippen molar-refractivity contribution in [3.05, 3.63) is 126 Å². The fraction of sp³-hybridized carbons (Fsp3) is 0.207. The lowest BCUT2D eigenvalue weighted by molar-refractivity contribution is -0.116. The van der Waals surface area contributed by atoms with Crippen LogP contribution in [0, 0.1) is 0 Å². The van der Waals surface area contributed by atoms with E-state index >= 15 is 0 Å². The van der Waals surface area contributed by atoms with Gasteiger partial charge in [0.1, 0.15) is 17.3 Å². The molecule has 0 bridgehead atoms. The molecule has 3 aromatic carbocycles. The number of ether oxygens (including phenoxy) is 1. The van der Waals surface area contributed by atoms with Crippen molar-refractivity contribution in [3.63, 3.8) is 0 Å². The summed E-state index contributed by atoms with van der Waals surface area (Å²) in [5, 5.41) is 0. The average Bonchev–Trinajstić information content (AvgIpc) is 2.84. The Labute approximate surface area is 190 Å². The van der Waals surface area contributed by atoms with Crippen LogP contribution in [0.4, 0.5) is 0 Å². The molecule has 3 rings (SSSR count). The highest BCUT2D eigenvalue weighted by atomic mass is 16.5. The van der Waals surface area contributed by atoms with Crippen molar-refractivity contribution < 1.29 is 14.3 Å². The fourth-order valence-corrected chi connectivity index (χ4v) is 3.81. The number of ketones is 1. The van der Waals surface area contributed by atoms with Gasteiger partial charge in [0.05, 0.1) is 6.10 Å². The summed E-state index contributed by atoms with van der Waals surface area (Å²) in [6, 6.07) is 30.3. The Morgan fingerprint density at radius 2 is 1.34 bits per heavy atom. The molecule has 0 saturated carbocycles. The SMILES string of the molecule is CC(=O)CCC=CC(CC=C=O)OC(c1ccccc1)(c1ccccc1)c1ccccc1. The summed E-state index contributed by atoms with van der Waals surface area (Å²) in [6.45, 7) is 1.59. The van der Waals surface area contributed by atoms with Crippen molar-refractivity contribution in [2.24, 2.45) is 0 Å². The summed E-state index contributed by atoms with van der Waals surface area (Å²) in [6.07, 6.45) is 6.46. The molecule has 0 fully saturated rings. The smallest absolute Gasteiger partial charge is 0.144 e. The maximum atomic E-state index is 11.3. The summed E-state index contributed by atoms with van der Waals surface area (Å²) in [7, 11) is 0. The minimum atomic E-state index is -0.879. The van der Waals surface area contributed by atoms with E-state index in [9.17, 15) is 9.59 Å². The third-order valence-corrected chi connectivity index (χ3v) is 5.32. The molecule has 1 unspecified atom stereocenters. The van der Waals surface area contributed by atoms with Gasteiger partial charge in [0, 0.05) is 18.9 Å². The Morgan fingerprint density at radius 1 is 0.875 bits per heavy atom. The van der Waals surface area contributed by atoms with Gasteiger partial charge in [0.2, 0.25) is 0 Å². The van der Waals surface area contributed by atoms with E-state index in [0.29, 0.717) is 19.3 Å². The number of hydrogen-bond donors (Lipinski definition) is 0. The molecular weight excluding hydrogens is 396 g/mol. The Kier molecular flexibility index (Phi) is 8.51. The average molecular weight is 425 g/mol. The van der Waals surface area contributed by atoms with Crippen molar-refractivity contribution in [2.75, 3.05) is 0 Å². The molecule has 32 heavy (non-hydrogen) atoms. The lowest BCUT2D eigenvalue weighted by atomic mass is 9.80. The number of rotatable bonds is 11. The summed E-state index contributed by atoms with van der Waals surface area (Å²) in [5.74, 6) is 2.01. The third-order valence-electron chi connectivity index (χ3n) is 5.32. The predicted molar refractivity (Wildman–Crippen MR) is 128 cm³/mol. The Morgan fingerprint density at radius 3 is 1.75 bits per heavy atom. The molecule has 1 atom stereocenters. The lowest BCUT2D eigenvalue weighted by Crippen LogP contribution is -2.36. The predicted octanol–water partition coefficient (Wildman–Crippen LogP) is 6.07. The Bertz CT molecular complexity index is 953. The van der Waals surface area contributed by atoms with Crippen LogP contribution in [0.1, 0.15) is 42.9 Å². The first-order valence-electron chi connectivity index (χ1n) is 10.9. The van der Waals surface area contributed by atoms with Crippen LogP contribution in [0.15, 0.2) is 109 Å². The molecule has 0 saturated heterocycles. The Hall–Kier alpha value is -3.52. The third kappa shape index (κ3) is 5.79. The zero-order valence-corrected chi connectivity index (χ0v) is 18.3. The largest absolute Gasteiger partial charge is 0.353 e. The van der Waals surface area contributed by atoms with Gasteiger partial charge in [-0.3, -0.25) is 0 Å². The van der Waals surface area contributed by atoms with Crippen LogP contribution >= 0.6 is 0 Å². The minimum Gasteiger partial charge on any atom is -0.353 e. The summed E-state index contributed by atoms with van der Waals surface area (Å²) in [4.78, 5) is 22.3. The highest BCUT2D eigenvalue weighted by Crippen LogP contribution is 2.41. The van der Waals surface area contributed by atoms with Gasteiger partial charge in [-0.1, -0.05) is 103 Å². The highest BCUT2D eigenvalue weighted by molar-refractivity contribution is 5.75. The molecular formula is C29H28O3. The van der Waals surface area contributed by atoms with Crippen LogP contribution in [0.25, 0.3) is 0 Å². The fourth-order valence-electron chi connectivity index (χ4n) is 3.81. The van der Waals surface area contributed by atoms with E-state index in [2.05, 4.69) is 36.4 Å². The molecule has 0 aliphatic carbocycles. The first-order valence-corrected chi connectivity index (χ1v) is 10.9. The van der Waals surface area contributed by atoms with Gasteiger partial charge in [-0.2, -0.15) is 0 Å². The van der Waals surface area contributed by atoms with Crippen LogP contribution in [0.2, 0.25) is 0 Å². The van der Waals surface area contributed by atoms with E-state index in [0.717, 1.165) is 16.7 Å². The lowest BCUT2D eigenvalue weighted by Gasteiger charge is -2.38. The zero-order chi connectivity index (χ0) is 22.7. The van der Waals surface area contributed by atoms with Crippen molar-refractivity contribution in [1.29, 1.82) is 0 Å². The number of allylic oxidation sites excluding steroid dienone is 1. The molecule has 0 amide bonds. The molecule has 0 N–H and O–H groups in total. The van der Waals surface area contributed by atoms with Crippen LogP contribution in [0.3, 0.4) is 0 Å². The zero-order valence-electron chi connectivity index (χ0n) is 18.3. The normalized spacial score (nSPS) is 12.3. The molecule has 0 aliphatic rings. The van der Waals surface area contributed by atoms with Crippen LogP contribution in [-0.4, -0.2) is 17.8 Å². The topological polar surface area (TPSA) is 43.4 Å². The molecule has 3 heteroatoms. The molecule has 0 radical (unpaired) electrons. The quantitative estimate of drug-likeness (QED) is 0.213. The van der Waals surface area contributed by atoms with E-state index < -0.39 is 5.60 Å². The second-order valence-corrected chi connectivity index (χ2v) is 7.66. The van der Waals surface area contributed by atoms with Crippen molar-refractivity contribution in [3.8, 4) is 0 Å². The van der Waals surface area contributed by atoms with Gasteiger partial charge >= 0.3 is 0 Å². The second kappa shape index (κ2) is 11.8. The number of carbonyl (C=O) groups is 1. The van der Waals surface area contributed by atoms with Gasteiger partial charge in [-0.15, -0.1) is 0 Å². The summed E-state index contributed by atoms with van der Waals surface area (Å²) in [5.41, 5.74) is 2.11. The summed E-state index contributed by atoms with van der Waals surface area (Å²) >= 11 is 0. The van der Waals surface area contributed by atoms with Crippen LogP contribution < -0.4 is 0 Å². The number of carbonyl (C=O) groups excluding carboxylic acids is 2. The highest BCUT2D eigenvalue weighted by Gasteiger charge is 2.39. The van der Waals surface area contributed by atoms with Crippen LogP contribution in [-0.2, 0) is 19.9 Å². The van der Waals surface area contributed by atoms with E-state index in [1.807, 2.05) is 72.7 Å². The molecule has 3 nitrogen and oxygen atoms in total. The molecule has 162 valence electrons. The van der Waals surface area contributed by atoms with Gasteiger partial charge in [-0.05, 0) is 30.0 Å². The molecule has 0 spiro atoms. The van der Waals surface area contributed by atoms with Crippen molar-refractivity contribution >= 4 is 11.7 Å². The first kappa shape index (κ1) is 23.1. The maximum Gasteiger partial charge on any atom is 0.144 e. The van der Waals surface area contributed by atoms with Gasteiger partial charge in [-0.25, -0.2) is 4.79 Å². The maximum absolute atomic E-state index is 11.3. The molecule has 3 aromatic rings. The second-order valence-electron chi connectivity index (χ2n) is 7.66. The van der Waals surface area contributed by atoms with Crippen molar-refractivity contribution in [1.82, 2.24) is 0 Å². The molecule has 0 aromatic heterocycles. The van der Waals surface area contributed by atoms with Crippen LogP contribution in [0.5, 0.6) is 0 Å². The number of hydrogen-bond acceptors (Lipinski definition) is 3. The Balaban J connectivity index is 2.13.